The molecule has 0 fully saturated rings. The molecule has 0 heterocycles. The fourth-order valence-corrected chi connectivity index (χ4v) is 1.17. The molecule has 0 saturated heterocycles. The van der Waals surface area contributed by atoms with E-state index < -0.39 is 11.7 Å². The molecule has 0 amide bonds. The summed E-state index contributed by atoms with van der Waals surface area (Å²) in [6.07, 6.45) is 4.31. The van der Waals surface area contributed by atoms with E-state index in [1.165, 1.54) is 0 Å². The third-order valence-electron chi connectivity index (χ3n) is 2.06. The van der Waals surface area contributed by atoms with Gasteiger partial charge >= 0.3 is 0 Å². The second-order valence-electron chi connectivity index (χ2n) is 3.82. The van der Waals surface area contributed by atoms with Gasteiger partial charge in [0.2, 0.25) is 0 Å². The van der Waals surface area contributed by atoms with Crippen molar-refractivity contribution >= 4 is 0 Å². The molecule has 0 aliphatic carbocycles. The lowest BCUT2D eigenvalue weighted by molar-refractivity contribution is -0.0496. The first kappa shape index (κ1) is 10.8. The van der Waals surface area contributed by atoms with Crippen molar-refractivity contribution in [2.45, 2.75) is 25.6 Å². The van der Waals surface area contributed by atoms with Crippen LogP contribution in [0.5, 0.6) is 0 Å². The van der Waals surface area contributed by atoms with Crippen molar-refractivity contribution in [3.8, 4) is 12.3 Å². The van der Waals surface area contributed by atoms with Gasteiger partial charge in [0.25, 0.3) is 0 Å². The van der Waals surface area contributed by atoms with Gasteiger partial charge in [-0.2, -0.15) is 0 Å². The SMILES string of the molecule is C#Cc1ccc(C(O)C(C)(C)O)cc1. The average Bonchev–Trinajstić information content (AvgIpc) is 2.15. The molecule has 74 valence electrons. The third kappa shape index (κ3) is 2.35. The molecule has 14 heavy (non-hydrogen) atoms. The van der Waals surface area contributed by atoms with Crippen LogP contribution in [0.4, 0.5) is 0 Å². The Labute approximate surface area is 84.2 Å². The maximum absolute atomic E-state index is 9.72. The largest absolute Gasteiger partial charge is 0.387 e. The summed E-state index contributed by atoms with van der Waals surface area (Å²) >= 11 is 0. The number of terminal acetylenes is 1. The lowest BCUT2D eigenvalue weighted by atomic mass is 9.94. The van der Waals surface area contributed by atoms with Crippen LogP contribution in [0.25, 0.3) is 0 Å². The summed E-state index contributed by atoms with van der Waals surface area (Å²) in [4.78, 5) is 0. The van der Waals surface area contributed by atoms with Crippen molar-refractivity contribution in [2.24, 2.45) is 0 Å². The lowest BCUT2D eigenvalue weighted by Crippen LogP contribution is -2.28. The maximum Gasteiger partial charge on any atom is 0.107 e. The highest BCUT2D eigenvalue weighted by Crippen LogP contribution is 2.24. The van der Waals surface area contributed by atoms with Crippen LogP contribution in [0.1, 0.15) is 31.1 Å². The Bertz CT molecular complexity index is 338. The van der Waals surface area contributed by atoms with E-state index in [1.54, 1.807) is 38.1 Å². The van der Waals surface area contributed by atoms with Crippen molar-refractivity contribution in [1.29, 1.82) is 0 Å². The molecule has 1 aromatic rings. The quantitative estimate of drug-likeness (QED) is 0.693. The summed E-state index contributed by atoms with van der Waals surface area (Å²) in [6.45, 7) is 3.12. The topological polar surface area (TPSA) is 40.5 Å². The number of aliphatic hydroxyl groups excluding tert-OH is 1. The monoisotopic (exact) mass is 190 g/mol. The first-order valence-corrected chi connectivity index (χ1v) is 4.42. The second-order valence-corrected chi connectivity index (χ2v) is 3.82. The van der Waals surface area contributed by atoms with Crippen molar-refractivity contribution in [1.82, 2.24) is 0 Å². The zero-order valence-electron chi connectivity index (χ0n) is 8.36. The van der Waals surface area contributed by atoms with Gasteiger partial charge in [-0.25, -0.2) is 0 Å². The molecule has 0 spiro atoms. The van der Waals surface area contributed by atoms with Gasteiger partial charge in [-0.1, -0.05) is 18.1 Å². The van der Waals surface area contributed by atoms with E-state index in [9.17, 15) is 10.2 Å². The van der Waals surface area contributed by atoms with Crippen LogP contribution < -0.4 is 0 Å². The Hall–Kier alpha value is -1.30. The lowest BCUT2D eigenvalue weighted by Gasteiger charge is -2.24. The van der Waals surface area contributed by atoms with Crippen LogP contribution in [0.2, 0.25) is 0 Å². The van der Waals surface area contributed by atoms with Gasteiger partial charge in [0.15, 0.2) is 0 Å². The van der Waals surface area contributed by atoms with E-state index >= 15 is 0 Å². The van der Waals surface area contributed by atoms with Gasteiger partial charge < -0.3 is 10.2 Å². The molecule has 1 rings (SSSR count). The Morgan fingerprint density at radius 3 is 2.14 bits per heavy atom. The highest BCUT2D eigenvalue weighted by atomic mass is 16.3. The molecule has 1 atom stereocenters. The third-order valence-corrected chi connectivity index (χ3v) is 2.06. The fraction of sp³-hybridized carbons (Fsp3) is 0.333. The van der Waals surface area contributed by atoms with Crippen molar-refractivity contribution in [3.63, 3.8) is 0 Å². The summed E-state index contributed by atoms with van der Waals surface area (Å²) in [6, 6.07) is 6.92. The number of aliphatic hydroxyl groups is 2. The molecule has 0 aliphatic rings. The van der Waals surface area contributed by atoms with E-state index in [2.05, 4.69) is 5.92 Å². The Morgan fingerprint density at radius 2 is 1.79 bits per heavy atom. The predicted octanol–water partition coefficient (Wildman–Crippen LogP) is 1.47. The smallest absolute Gasteiger partial charge is 0.107 e. The summed E-state index contributed by atoms with van der Waals surface area (Å²) < 4.78 is 0. The molecular weight excluding hydrogens is 176 g/mol. The van der Waals surface area contributed by atoms with Crippen LogP contribution in [-0.4, -0.2) is 15.8 Å². The van der Waals surface area contributed by atoms with Gasteiger partial charge in [0.05, 0.1) is 5.60 Å². The zero-order valence-corrected chi connectivity index (χ0v) is 8.36. The molecular formula is C12H14O2. The summed E-state index contributed by atoms with van der Waals surface area (Å²) in [5.74, 6) is 2.49. The molecule has 0 bridgehead atoms. The van der Waals surface area contributed by atoms with Gasteiger partial charge in [-0.3, -0.25) is 0 Å². The van der Waals surface area contributed by atoms with E-state index in [-0.39, 0.29) is 0 Å². The first-order valence-electron chi connectivity index (χ1n) is 4.42. The van der Waals surface area contributed by atoms with Crippen LogP contribution in [-0.2, 0) is 0 Å². The minimum atomic E-state index is -1.14. The second kappa shape index (κ2) is 3.83. The number of hydrogen-bond acceptors (Lipinski definition) is 2. The molecule has 0 saturated carbocycles. The molecule has 1 unspecified atom stereocenters. The van der Waals surface area contributed by atoms with E-state index in [4.69, 9.17) is 6.42 Å². The van der Waals surface area contributed by atoms with Crippen molar-refractivity contribution in [3.05, 3.63) is 35.4 Å². The molecule has 2 heteroatoms. The highest BCUT2D eigenvalue weighted by Gasteiger charge is 2.25. The van der Waals surface area contributed by atoms with Gasteiger partial charge in [-0.05, 0) is 31.5 Å². The Kier molecular flexibility index (Phi) is 2.95. The first-order chi connectivity index (χ1) is 6.45. The van der Waals surface area contributed by atoms with Crippen LogP contribution in [0.3, 0.4) is 0 Å². The number of hydrogen-bond donors (Lipinski definition) is 2. The average molecular weight is 190 g/mol. The Balaban J connectivity index is 2.94. The predicted molar refractivity (Wildman–Crippen MR) is 55.6 cm³/mol. The minimum absolute atomic E-state index is 0.663. The molecule has 0 aliphatic heterocycles. The zero-order chi connectivity index (χ0) is 10.8. The van der Waals surface area contributed by atoms with E-state index in [0.29, 0.717) is 5.56 Å². The summed E-state index contributed by atoms with van der Waals surface area (Å²) in [5, 5.41) is 19.3. The van der Waals surface area contributed by atoms with E-state index in [0.717, 1.165) is 5.56 Å². The molecule has 1 aromatic carbocycles. The normalized spacial score (nSPS) is 13.4. The molecule has 2 N–H and O–H groups in total. The van der Waals surface area contributed by atoms with Gasteiger partial charge in [-0.15, -0.1) is 6.42 Å². The minimum Gasteiger partial charge on any atom is -0.387 e. The summed E-state index contributed by atoms with van der Waals surface area (Å²) in [5.41, 5.74) is 0.283. The van der Waals surface area contributed by atoms with Crippen LogP contribution in [0, 0.1) is 12.3 Å². The number of rotatable bonds is 2. The molecule has 0 aromatic heterocycles. The van der Waals surface area contributed by atoms with Crippen molar-refractivity contribution < 1.29 is 10.2 Å². The van der Waals surface area contributed by atoms with Gasteiger partial charge in [0, 0.05) is 5.56 Å². The molecule has 2 nitrogen and oxygen atoms in total. The van der Waals surface area contributed by atoms with Gasteiger partial charge in [0.1, 0.15) is 6.10 Å². The van der Waals surface area contributed by atoms with Crippen LogP contribution in [0.15, 0.2) is 24.3 Å². The standard InChI is InChI=1S/C12H14O2/c1-4-9-5-7-10(8-6-9)11(13)12(2,3)14/h1,5-8,11,13-14H,2-3H3. The van der Waals surface area contributed by atoms with Crippen molar-refractivity contribution in [2.75, 3.05) is 0 Å². The Morgan fingerprint density at radius 1 is 1.29 bits per heavy atom. The van der Waals surface area contributed by atoms with E-state index in [1.807, 2.05) is 0 Å². The number of benzene rings is 1. The fourth-order valence-electron chi connectivity index (χ4n) is 1.17. The molecule has 0 radical (unpaired) electrons. The summed E-state index contributed by atoms with van der Waals surface area (Å²) in [7, 11) is 0. The van der Waals surface area contributed by atoms with Crippen LogP contribution >= 0.6 is 0 Å². The highest BCUT2D eigenvalue weighted by molar-refractivity contribution is 5.35. The maximum atomic E-state index is 9.72.